The molecule has 1 atom stereocenters. The third-order valence-electron chi connectivity index (χ3n) is 4.04. The number of anilines is 1. The van der Waals surface area contributed by atoms with Crippen molar-refractivity contribution in [3.63, 3.8) is 0 Å². The number of aromatic nitrogens is 2. The van der Waals surface area contributed by atoms with E-state index in [9.17, 15) is 28.1 Å². The van der Waals surface area contributed by atoms with Crippen LogP contribution in [0.2, 0.25) is 0 Å². The number of benzene rings is 2. The third-order valence-corrected chi connectivity index (χ3v) is 5.15. The predicted octanol–water partition coefficient (Wildman–Crippen LogP) is 4.92. The fraction of sp³-hybridized carbons (Fsp3) is 0.158. The van der Waals surface area contributed by atoms with Crippen LogP contribution in [0.1, 0.15) is 12.6 Å². The van der Waals surface area contributed by atoms with Gasteiger partial charge in [-0.2, -0.15) is 18.3 Å². The molecule has 0 saturated heterocycles. The molecular formula is C19H15F3N4O3S. The second kappa shape index (κ2) is 8.57. The van der Waals surface area contributed by atoms with Crippen LogP contribution in [-0.4, -0.2) is 25.9 Å². The van der Waals surface area contributed by atoms with Crippen LogP contribution in [0.5, 0.6) is 0 Å². The summed E-state index contributed by atoms with van der Waals surface area (Å²) in [6.45, 7) is 1.68. The molecule has 3 rings (SSSR count). The maximum absolute atomic E-state index is 13.0. The quantitative estimate of drug-likeness (QED) is 0.337. The number of nitro benzene ring substituents is 1. The van der Waals surface area contributed by atoms with Crippen molar-refractivity contribution < 1.29 is 22.9 Å². The van der Waals surface area contributed by atoms with Gasteiger partial charge in [0.15, 0.2) is 0 Å². The van der Waals surface area contributed by atoms with Crippen molar-refractivity contribution >= 4 is 29.0 Å². The molecule has 7 nitrogen and oxygen atoms in total. The first-order chi connectivity index (χ1) is 14.1. The number of carbonyl (C=O) groups is 1. The molecule has 1 amide bonds. The SMILES string of the molecule is CC(Sc1ccc([N+](=O)[O-])cc1)C(=O)Nc1ccc(-n2nccc2C(F)(F)F)cc1. The number of alkyl halides is 3. The molecule has 0 saturated carbocycles. The minimum absolute atomic E-state index is 0.0394. The molecule has 30 heavy (non-hydrogen) atoms. The largest absolute Gasteiger partial charge is 0.433 e. The molecule has 11 heteroatoms. The van der Waals surface area contributed by atoms with Crippen molar-refractivity contribution in [2.45, 2.75) is 23.2 Å². The smallest absolute Gasteiger partial charge is 0.325 e. The molecule has 1 N–H and O–H groups in total. The average Bonchev–Trinajstić information content (AvgIpc) is 3.19. The molecule has 0 spiro atoms. The molecule has 2 aromatic carbocycles. The zero-order valence-electron chi connectivity index (χ0n) is 15.5. The average molecular weight is 436 g/mol. The van der Waals surface area contributed by atoms with Gasteiger partial charge in [-0.3, -0.25) is 14.9 Å². The fourth-order valence-corrected chi connectivity index (χ4v) is 3.43. The first kappa shape index (κ1) is 21.4. The summed E-state index contributed by atoms with van der Waals surface area (Å²) in [6.07, 6.45) is -3.47. The second-order valence-electron chi connectivity index (χ2n) is 6.17. The fourth-order valence-electron chi connectivity index (χ4n) is 2.56. The Morgan fingerprint density at radius 1 is 1.13 bits per heavy atom. The second-order valence-corrected chi connectivity index (χ2v) is 7.59. The Morgan fingerprint density at radius 2 is 1.77 bits per heavy atom. The maximum Gasteiger partial charge on any atom is 0.433 e. The van der Waals surface area contributed by atoms with Crippen LogP contribution in [0, 0.1) is 10.1 Å². The Morgan fingerprint density at radius 3 is 2.33 bits per heavy atom. The molecule has 3 aromatic rings. The van der Waals surface area contributed by atoms with Crippen LogP contribution in [0.4, 0.5) is 24.5 Å². The molecule has 1 unspecified atom stereocenters. The summed E-state index contributed by atoms with van der Waals surface area (Å²) in [5.74, 6) is -0.318. The van der Waals surface area contributed by atoms with Crippen molar-refractivity contribution in [2.75, 3.05) is 5.32 Å². The van der Waals surface area contributed by atoms with Crippen LogP contribution < -0.4 is 5.32 Å². The normalized spacial score (nSPS) is 12.4. The van der Waals surface area contributed by atoms with Crippen molar-refractivity contribution in [1.29, 1.82) is 0 Å². The number of hydrogen-bond donors (Lipinski definition) is 1. The highest BCUT2D eigenvalue weighted by Crippen LogP contribution is 2.31. The van der Waals surface area contributed by atoms with Gasteiger partial charge in [0.05, 0.1) is 22.1 Å². The molecular weight excluding hydrogens is 421 g/mol. The summed E-state index contributed by atoms with van der Waals surface area (Å²) >= 11 is 1.22. The van der Waals surface area contributed by atoms with E-state index >= 15 is 0 Å². The molecule has 0 fully saturated rings. The van der Waals surface area contributed by atoms with Crippen molar-refractivity contribution in [3.8, 4) is 5.69 Å². The topological polar surface area (TPSA) is 90.1 Å². The van der Waals surface area contributed by atoms with Gasteiger partial charge in [0.25, 0.3) is 5.69 Å². The van der Waals surface area contributed by atoms with Crippen molar-refractivity contribution in [3.05, 3.63) is 76.6 Å². The lowest BCUT2D eigenvalue weighted by atomic mass is 10.2. The number of nitrogens with one attached hydrogen (secondary N) is 1. The predicted molar refractivity (Wildman–Crippen MR) is 106 cm³/mol. The van der Waals surface area contributed by atoms with Crippen LogP contribution in [0.15, 0.2) is 65.7 Å². The van der Waals surface area contributed by atoms with Crippen LogP contribution >= 0.6 is 11.8 Å². The van der Waals surface area contributed by atoms with E-state index in [-0.39, 0.29) is 17.3 Å². The van der Waals surface area contributed by atoms with Gasteiger partial charge < -0.3 is 5.32 Å². The van der Waals surface area contributed by atoms with Gasteiger partial charge in [-0.05, 0) is 49.4 Å². The zero-order chi connectivity index (χ0) is 21.9. The van der Waals surface area contributed by atoms with Gasteiger partial charge in [-0.25, -0.2) is 4.68 Å². The van der Waals surface area contributed by atoms with Gasteiger partial charge in [0.2, 0.25) is 5.91 Å². The molecule has 1 aromatic heterocycles. The number of rotatable bonds is 6. The van der Waals surface area contributed by atoms with Gasteiger partial charge >= 0.3 is 6.18 Å². The van der Waals surface area contributed by atoms with Crippen LogP contribution in [0.3, 0.4) is 0 Å². The van der Waals surface area contributed by atoms with E-state index in [1.54, 1.807) is 19.1 Å². The number of thioether (sulfide) groups is 1. The molecule has 0 bridgehead atoms. The number of carbonyl (C=O) groups excluding carboxylic acids is 1. The van der Waals surface area contributed by atoms with E-state index in [0.29, 0.717) is 10.6 Å². The van der Waals surface area contributed by atoms with E-state index in [1.165, 1.54) is 48.2 Å². The molecule has 0 aliphatic carbocycles. The number of non-ortho nitro benzene ring substituents is 1. The van der Waals surface area contributed by atoms with Gasteiger partial charge in [0.1, 0.15) is 5.69 Å². The molecule has 156 valence electrons. The number of hydrogen-bond acceptors (Lipinski definition) is 5. The summed E-state index contributed by atoms with van der Waals surface area (Å²) in [5.41, 5.74) is -0.311. The van der Waals surface area contributed by atoms with Gasteiger partial charge in [-0.15, -0.1) is 11.8 Å². The zero-order valence-corrected chi connectivity index (χ0v) is 16.3. The third kappa shape index (κ3) is 4.98. The van der Waals surface area contributed by atoms with Crippen molar-refractivity contribution in [1.82, 2.24) is 9.78 Å². The van der Waals surface area contributed by atoms with Gasteiger partial charge in [0, 0.05) is 22.7 Å². The lowest BCUT2D eigenvalue weighted by molar-refractivity contribution is -0.384. The summed E-state index contributed by atoms with van der Waals surface area (Å²) in [7, 11) is 0. The minimum Gasteiger partial charge on any atom is -0.325 e. The summed E-state index contributed by atoms with van der Waals surface area (Å²) in [6, 6.07) is 12.5. The van der Waals surface area contributed by atoms with E-state index in [4.69, 9.17) is 0 Å². The monoisotopic (exact) mass is 436 g/mol. The highest BCUT2D eigenvalue weighted by Gasteiger charge is 2.35. The minimum atomic E-state index is -4.53. The molecule has 0 aliphatic heterocycles. The van der Waals surface area contributed by atoms with Crippen LogP contribution in [0.25, 0.3) is 5.69 Å². The summed E-state index contributed by atoms with van der Waals surface area (Å²) in [5, 5.41) is 16.6. The first-order valence-corrected chi connectivity index (χ1v) is 9.47. The number of amides is 1. The highest BCUT2D eigenvalue weighted by molar-refractivity contribution is 8.00. The van der Waals surface area contributed by atoms with Gasteiger partial charge in [-0.1, -0.05) is 0 Å². The summed E-state index contributed by atoms with van der Waals surface area (Å²) in [4.78, 5) is 23.3. The van der Waals surface area contributed by atoms with E-state index < -0.39 is 22.0 Å². The standard InChI is InChI=1S/C19H15F3N4O3S/c1-12(30-16-8-6-15(7-9-16)26(28)29)18(27)24-13-2-4-14(5-3-13)25-17(10-11-23-25)19(20,21)22/h2-12H,1H3,(H,24,27). The Bertz CT molecular complexity index is 1050. The Balaban J connectivity index is 1.64. The molecule has 0 radical (unpaired) electrons. The lowest BCUT2D eigenvalue weighted by Gasteiger charge is -2.13. The van der Waals surface area contributed by atoms with Crippen molar-refractivity contribution in [2.24, 2.45) is 0 Å². The van der Waals surface area contributed by atoms with Crippen LogP contribution in [-0.2, 0) is 11.0 Å². The first-order valence-electron chi connectivity index (χ1n) is 8.59. The molecule has 1 heterocycles. The molecule has 0 aliphatic rings. The van der Waals surface area contributed by atoms with E-state index in [0.717, 1.165) is 16.9 Å². The number of nitrogens with zero attached hydrogens (tertiary/aromatic N) is 3. The highest BCUT2D eigenvalue weighted by atomic mass is 32.2. The number of nitro groups is 1. The Kier molecular flexibility index (Phi) is 6.11. The number of halogens is 3. The Labute approximate surface area is 173 Å². The van der Waals surface area contributed by atoms with E-state index in [2.05, 4.69) is 10.4 Å². The summed E-state index contributed by atoms with van der Waals surface area (Å²) < 4.78 is 39.8. The maximum atomic E-state index is 13.0. The van der Waals surface area contributed by atoms with E-state index in [1.807, 2.05) is 0 Å². The Hall–Kier alpha value is -3.34. The lowest BCUT2D eigenvalue weighted by Crippen LogP contribution is -2.22.